The molecule has 0 aromatic heterocycles. The molecule has 0 aliphatic carbocycles. The molecule has 0 N–H and O–H groups in total. The SMILES string of the molecule is CS(=O)(=O)N(c1cc(F)cc(F)c1)C1C[N+]([O-])(C(c2ccc(Cl)cc2)c2ccc(Cl)cc2)C1. The van der Waals surface area contributed by atoms with Crippen molar-refractivity contribution in [1.82, 2.24) is 0 Å². The second-order valence-electron chi connectivity index (χ2n) is 8.16. The van der Waals surface area contributed by atoms with Gasteiger partial charge in [-0.3, -0.25) is 4.31 Å². The number of anilines is 1. The van der Waals surface area contributed by atoms with Gasteiger partial charge in [0.05, 0.1) is 11.9 Å². The van der Waals surface area contributed by atoms with Crippen molar-refractivity contribution in [2.24, 2.45) is 0 Å². The first kappa shape index (κ1) is 23.9. The zero-order valence-corrected chi connectivity index (χ0v) is 19.8. The molecule has 3 aromatic rings. The van der Waals surface area contributed by atoms with E-state index in [-0.39, 0.29) is 18.8 Å². The Morgan fingerprint density at radius 1 is 0.909 bits per heavy atom. The smallest absolute Gasteiger partial charge is 0.232 e. The van der Waals surface area contributed by atoms with Gasteiger partial charge in [0.15, 0.2) is 0 Å². The predicted octanol–water partition coefficient (Wildman–Crippen LogP) is 5.52. The summed E-state index contributed by atoms with van der Waals surface area (Å²) in [6, 6.07) is 14.9. The number of quaternary nitrogens is 1. The number of sulfonamides is 1. The van der Waals surface area contributed by atoms with Crippen molar-refractivity contribution >= 4 is 38.9 Å². The van der Waals surface area contributed by atoms with Crippen LogP contribution in [0.15, 0.2) is 66.7 Å². The number of rotatable bonds is 6. The lowest BCUT2D eigenvalue weighted by atomic mass is 9.92. The Kier molecular flexibility index (Phi) is 6.41. The van der Waals surface area contributed by atoms with Gasteiger partial charge in [0, 0.05) is 27.2 Å². The van der Waals surface area contributed by atoms with Crippen LogP contribution in [0.25, 0.3) is 0 Å². The monoisotopic (exact) mass is 512 g/mol. The van der Waals surface area contributed by atoms with Crippen molar-refractivity contribution in [2.45, 2.75) is 12.1 Å². The zero-order chi connectivity index (χ0) is 24.0. The lowest BCUT2D eigenvalue weighted by molar-refractivity contribution is -0.943. The van der Waals surface area contributed by atoms with Crippen LogP contribution in [0.2, 0.25) is 10.0 Å². The quantitative estimate of drug-likeness (QED) is 0.322. The number of halogens is 4. The summed E-state index contributed by atoms with van der Waals surface area (Å²) >= 11 is 12.0. The number of hydrogen-bond acceptors (Lipinski definition) is 3. The molecule has 10 heteroatoms. The van der Waals surface area contributed by atoms with Crippen LogP contribution in [0, 0.1) is 16.8 Å². The lowest BCUT2D eigenvalue weighted by Crippen LogP contribution is -2.70. The summed E-state index contributed by atoms with van der Waals surface area (Å²) in [5.74, 6) is -1.80. The molecule has 0 unspecified atom stereocenters. The van der Waals surface area contributed by atoms with Crippen molar-refractivity contribution in [3.8, 4) is 0 Å². The van der Waals surface area contributed by atoms with Crippen LogP contribution >= 0.6 is 23.2 Å². The van der Waals surface area contributed by atoms with E-state index in [1.165, 1.54) is 0 Å². The lowest BCUT2D eigenvalue weighted by Gasteiger charge is -2.60. The molecule has 1 aliphatic heterocycles. The van der Waals surface area contributed by atoms with Gasteiger partial charge in [0.1, 0.15) is 36.8 Å². The summed E-state index contributed by atoms with van der Waals surface area (Å²) in [6.45, 7) is -0.220. The number of likely N-dealkylation sites (tertiary alicyclic amines) is 1. The van der Waals surface area contributed by atoms with Crippen LogP contribution in [0.1, 0.15) is 17.2 Å². The normalized spacial score (nSPS) is 20.5. The van der Waals surface area contributed by atoms with Crippen LogP contribution in [-0.4, -0.2) is 38.5 Å². The van der Waals surface area contributed by atoms with E-state index < -0.39 is 38.4 Å². The van der Waals surface area contributed by atoms with Gasteiger partial charge in [-0.15, -0.1) is 0 Å². The van der Waals surface area contributed by atoms with Gasteiger partial charge in [0.2, 0.25) is 10.0 Å². The van der Waals surface area contributed by atoms with E-state index in [4.69, 9.17) is 23.2 Å². The Hall–Kier alpha value is -2.23. The summed E-state index contributed by atoms with van der Waals surface area (Å²) in [6.07, 6.45) is 0.948. The molecule has 3 aromatic carbocycles. The highest BCUT2D eigenvalue weighted by Crippen LogP contribution is 2.42. The molecule has 0 radical (unpaired) electrons. The van der Waals surface area contributed by atoms with E-state index in [0.29, 0.717) is 27.2 Å². The van der Waals surface area contributed by atoms with Gasteiger partial charge in [0.25, 0.3) is 0 Å². The van der Waals surface area contributed by atoms with E-state index in [1.807, 2.05) is 0 Å². The van der Waals surface area contributed by atoms with Crippen molar-refractivity contribution in [2.75, 3.05) is 23.7 Å². The predicted molar refractivity (Wildman–Crippen MR) is 126 cm³/mol. The first-order chi connectivity index (χ1) is 15.5. The minimum Gasteiger partial charge on any atom is -0.632 e. The molecule has 4 rings (SSSR count). The zero-order valence-electron chi connectivity index (χ0n) is 17.5. The highest BCUT2D eigenvalue weighted by atomic mass is 35.5. The fraction of sp³-hybridized carbons (Fsp3) is 0.217. The molecule has 1 fully saturated rings. The topological polar surface area (TPSA) is 60.4 Å². The van der Waals surface area contributed by atoms with E-state index >= 15 is 0 Å². The van der Waals surface area contributed by atoms with Crippen LogP contribution < -0.4 is 4.31 Å². The standard InChI is InChI=1S/C23H20Cl2F2N2O3S/c1-33(31,32)28(21-11-19(26)10-20(27)12-21)22-13-29(30,14-22)23(15-2-6-17(24)7-3-15)16-4-8-18(25)9-5-16/h2-12,22-23H,13-14H2,1H3. The third kappa shape index (κ3) is 5.00. The molecule has 0 spiro atoms. The molecule has 33 heavy (non-hydrogen) atoms. The molecule has 5 nitrogen and oxygen atoms in total. The molecule has 1 heterocycles. The summed E-state index contributed by atoms with van der Waals surface area (Å²) in [7, 11) is -3.91. The third-order valence-electron chi connectivity index (χ3n) is 5.67. The molecular weight excluding hydrogens is 493 g/mol. The van der Waals surface area contributed by atoms with Crippen LogP contribution in [0.5, 0.6) is 0 Å². The Morgan fingerprint density at radius 3 is 1.73 bits per heavy atom. The molecule has 0 amide bonds. The van der Waals surface area contributed by atoms with Crippen molar-refractivity contribution in [3.05, 3.63) is 105 Å². The van der Waals surface area contributed by atoms with E-state index in [2.05, 4.69) is 0 Å². The number of hydroxylamine groups is 3. The average molecular weight is 513 g/mol. The first-order valence-electron chi connectivity index (χ1n) is 10.0. The van der Waals surface area contributed by atoms with E-state index in [1.54, 1.807) is 48.5 Å². The minimum atomic E-state index is -3.91. The maximum Gasteiger partial charge on any atom is 0.232 e. The molecular formula is C23H20Cl2F2N2O3S. The van der Waals surface area contributed by atoms with Crippen molar-refractivity contribution in [3.63, 3.8) is 0 Å². The molecule has 0 saturated carbocycles. The van der Waals surface area contributed by atoms with E-state index in [0.717, 1.165) is 22.7 Å². The molecule has 1 aliphatic rings. The maximum atomic E-state index is 13.9. The van der Waals surface area contributed by atoms with Gasteiger partial charge >= 0.3 is 0 Å². The van der Waals surface area contributed by atoms with Crippen LogP contribution in [-0.2, 0) is 10.0 Å². The highest BCUT2D eigenvalue weighted by molar-refractivity contribution is 7.92. The van der Waals surface area contributed by atoms with Gasteiger partial charge in [-0.25, -0.2) is 17.2 Å². The number of hydrogen-bond donors (Lipinski definition) is 0. The van der Waals surface area contributed by atoms with Crippen LogP contribution in [0.3, 0.4) is 0 Å². The Morgan fingerprint density at radius 2 is 1.33 bits per heavy atom. The summed E-state index contributed by atoms with van der Waals surface area (Å²) in [5, 5.41) is 15.0. The molecule has 0 atom stereocenters. The fourth-order valence-electron chi connectivity index (χ4n) is 4.38. The maximum absolute atomic E-state index is 13.9. The largest absolute Gasteiger partial charge is 0.632 e. The van der Waals surface area contributed by atoms with E-state index in [9.17, 15) is 22.4 Å². The second-order valence-corrected chi connectivity index (χ2v) is 10.9. The molecule has 174 valence electrons. The summed E-state index contributed by atoms with van der Waals surface area (Å²) in [5.41, 5.74) is 1.26. The van der Waals surface area contributed by atoms with Gasteiger partial charge < -0.3 is 9.85 Å². The Labute approximate surface area is 201 Å². The Bertz CT molecular complexity index is 1200. The van der Waals surface area contributed by atoms with Crippen molar-refractivity contribution < 1.29 is 21.8 Å². The van der Waals surface area contributed by atoms with Crippen LogP contribution in [0.4, 0.5) is 14.5 Å². The Balaban J connectivity index is 1.70. The minimum absolute atomic E-state index is 0.110. The number of nitrogens with zero attached hydrogens (tertiary/aromatic N) is 2. The summed E-state index contributed by atoms with van der Waals surface area (Å²) < 4.78 is 52.8. The summed E-state index contributed by atoms with van der Waals surface area (Å²) in [4.78, 5) is 0. The second kappa shape index (κ2) is 8.85. The molecule has 1 saturated heterocycles. The van der Waals surface area contributed by atoms with Gasteiger partial charge in [-0.2, -0.15) is 0 Å². The van der Waals surface area contributed by atoms with Gasteiger partial charge in [-0.1, -0.05) is 47.5 Å². The van der Waals surface area contributed by atoms with Gasteiger partial charge in [-0.05, 0) is 36.4 Å². The molecule has 0 bridgehead atoms. The first-order valence-corrected chi connectivity index (χ1v) is 12.6. The highest BCUT2D eigenvalue weighted by Gasteiger charge is 2.49. The fourth-order valence-corrected chi connectivity index (χ4v) is 5.80. The number of benzene rings is 3. The average Bonchev–Trinajstić information content (AvgIpc) is 2.68. The van der Waals surface area contributed by atoms with Crippen molar-refractivity contribution in [1.29, 1.82) is 0 Å². The third-order valence-corrected chi connectivity index (χ3v) is 7.40.